The molecule has 1 aliphatic heterocycles. The van der Waals surface area contributed by atoms with Crippen molar-refractivity contribution in [3.8, 4) is 0 Å². The number of thioether (sulfide) groups is 1. The molecule has 0 saturated carbocycles. The molecule has 0 bridgehead atoms. The highest BCUT2D eigenvalue weighted by Gasteiger charge is 2.29. The molecule has 25 heavy (non-hydrogen) atoms. The number of rotatable bonds is 3. The molecule has 0 saturated heterocycles. The van der Waals surface area contributed by atoms with Crippen molar-refractivity contribution in [3.05, 3.63) is 64.2 Å². The van der Waals surface area contributed by atoms with Crippen molar-refractivity contribution in [2.45, 2.75) is 25.8 Å². The highest BCUT2D eigenvalue weighted by molar-refractivity contribution is 8.13. The van der Waals surface area contributed by atoms with Crippen molar-refractivity contribution in [3.63, 3.8) is 0 Å². The summed E-state index contributed by atoms with van der Waals surface area (Å²) in [5.41, 5.74) is 8.76. The number of amidine groups is 1. The summed E-state index contributed by atoms with van der Waals surface area (Å²) < 4.78 is 0. The van der Waals surface area contributed by atoms with Crippen LogP contribution in [0.25, 0.3) is 0 Å². The van der Waals surface area contributed by atoms with Crippen LogP contribution in [0, 0.1) is 6.92 Å². The zero-order chi connectivity index (χ0) is 18.0. The highest BCUT2D eigenvalue weighted by Crippen LogP contribution is 2.36. The van der Waals surface area contributed by atoms with Crippen LogP contribution in [0.5, 0.6) is 0 Å². The molecule has 0 spiro atoms. The average Bonchev–Trinajstić information content (AvgIpc) is 2.54. The van der Waals surface area contributed by atoms with Gasteiger partial charge in [-0.2, -0.15) is 0 Å². The van der Waals surface area contributed by atoms with Crippen molar-refractivity contribution in [1.29, 1.82) is 0 Å². The molecule has 1 unspecified atom stereocenters. The average molecular weight is 374 g/mol. The number of hydrogen-bond acceptors (Lipinski definition) is 4. The van der Waals surface area contributed by atoms with E-state index in [4.69, 9.17) is 17.3 Å². The fourth-order valence-electron chi connectivity index (χ4n) is 2.83. The van der Waals surface area contributed by atoms with Crippen molar-refractivity contribution in [2.24, 2.45) is 10.7 Å². The minimum atomic E-state index is -0.364. The van der Waals surface area contributed by atoms with Crippen molar-refractivity contribution >= 4 is 40.1 Å². The van der Waals surface area contributed by atoms with Crippen LogP contribution < -0.4 is 11.1 Å². The molecule has 0 fully saturated rings. The van der Waals surface area contributed by atoms with Gasteiger partial charge in [0.05, 0.1) is 16.1 Å². The van der Waals surface area contributed by atoms with E-state index in [2.05, 4.69) is 17.2 Å². The van der Waals surface area contributed by atoms with E-state index in [0.717, 1.165) is 23.3 Å². The van der Waals surface area contributed by atoms with Gasteiger partial charge in [0.2, 0.25) is 0 Å². The Morgan fingerprint density at radius 2 is 2.12 bits per heavy atom. The van der Waals surface area contributed by atoms with E-state index < -0.39 is 0 Å². The van der Waals surface area contributed by atoms with Gasteiger partial charge in [-0.05, 0) is 55.7 Å². The fourth-order valence-corrected chi connectivity index (χ4v) is 4.12. The quantitative estimate of drug-likeness (QED) is 0.828. The van der Waals surface area contributed by atoms with E-state index in [1.807, 2.05) is 37.3 Å². The smallest absolute Gasteiger partial charge is 0.257 e. The van der Waals surface area contributed by atoms with Crippen LogP contribution in [-0.4, -0.2) is 16.8 Å². The van der Waals surface area contributed by atoms with Gasteiger partial charge in [-0.3, -0.25) is 9.79 Å². The van der Waals surface area contributed by atoms with E-state index >= 15 is 0 Å². The lowest BCUT2D eigenvalue weighted by molar-refractivity contribution is 0.102. The number of aryl methyl sites for hydroxylation is 1. The molecule has 1 amide bonds. The Morgan fingerprint density at radius 1 is 1.32 bits per heavy atom. The van der Waals surface area contributed by atoms with Crippen molar-refractivity contribution in [2.75, 3.05) is 11.1 Å². The number of amides is 1. The molecule has 1 atom stereocenters. The van der Waals surface area contributed by atoms with Gasteiger partial charge in [0, 0.05) is 11.4 Å². The summed E-state index contributed by atoms with van der Waals surface area (Å²) in [5, 5.41) is 3.97. The minimum absolute atomic E-state index is 0.227. The summed E-state index contributed by atoms with van der Waals surface area (Å²) >= 11 is 7.76. The molecule has 0 radical (unpaired) electrons. The highest BCUT2D eigenvalue weighted by atomic mass is 35.5. The molecule has 3 N–H and O–H groups in total. The molecule has 1 aliphatic rings. The first kappa shape index (κ1) is 17.8. The lowest BCUT2D eigenvalue weighted by Gasteiger charge is -2.30. The van der Waals surface area contributed by atoms with Crippen LogP contribution in [0.2, 0.25) is 5.02 Å². The second-order valence-electron chi connectivity index (χ2n) is 6.34. The first-order valence-corrected chi connectivity index (χ1v) is 9.40. The second-order valence-corrected chi connectivity index (χ2v) is 7.86. The van der Waals surface area contributed by atoms with Gasteiger partial charge in [0.25, 0.3) is 5.91 Å². The Bertz CT molecular complexity index is 852. The topological polar surface area (TPSA) is 67.5 Å². The van der Waals surface area contributed by atoms with E-state index in [-0.39, 0.29) is 11.4 Å². The second kappa shape index (κ2) is 7.10. The van der Waals surface area contributed by atoms with Gasteiger partial charge >= 0.3 is 0 Å². The molecule has 6 heteroatoms. The summed E-state index contributed by atoms with van der Waals surface area (Å²) in [6.45, 7) is 4.00. The Hall–Kier alpha value is -1.98. The minimum Gasteiger partial charge on any atom is -0.379 e. The molecule has 3 rings (SSSR count). The predicted molar refractivity (Wildman–Crippen MR) is 107 cm³/mol. The number of nitrogens with zero attached hydrogens (tertiary/aromatic N) is 1. The summed E-state index contributed by atoms with van der Waals surface area (Å²) in [5.74, 6) is 0.705. The normalized spacial score (nSPS) is 20.0. The third-order valence-electron chi connectivity index (χ3n) is 4.31. The Morgan fingerprint density at radius 3 is 2.84 bits per heavy atom. The summed E-state index contributed by atoms with van der Waals surface area (Å²) in [4.78, 5) is 17.1. The third kappa shape index (κ3) is 3.99. The van der Waals surface area contributed by atoms with Gasteiger partial charge in [-0.15, -0.1) is 0 Å². The molecular formula is C19H20ClN3OS. The molecule has 2 aromatic rings. The number of carbonyl (C=O) groups excluding carboxylic acids is 1. The summed E-state index contributed by atoms with van der Waals surface area (Å²) in [6.07, 6.45) is 0.902. The fraction of sp³-hybridized carbons (Fsp3) is 0.263. The van der Waals surface area contributed by atoms with Gasteiger partial charge in [0.1, 0.15) is 0 Å². The largest absolute Gasteiger partial charge is 0.379 e. The molecule has 130 valence electrons. The van der Waals surface area contributed by atoms with E-state index in [0.29, 0.717) is 21.4 Å². The van der Waals surface area contributed by atoms with Gasteiger partial charge in [-0.1, -0.05) is 41.6 Å². The van der Waals surface area contributed by atoms with E-state index in [1.54, 1.807) is 23.9 Å². The van der Waals surface area contributed by atoms with Crippen LogP contribution in [0.15, 0.2) is 47.5 Å². The number of benzene rings is 2. The molecule has 4 nitrogen and oxygen atoms in total. The van der Waals surface area contributed by atoms with E-state index in [9.17, 15) is 4.79 Å². The van der Waals surface area contributed by atoms with Crippen LogP contribution in [0.3, 0.4) is 0 Å². The van der Waals surface area contributed by atoms with Crippen LogP contribution in [0.1, 0.15) is 34.8 Å². The maximum Gasteiger partial charge on any atom is 0.257 e. The molecule has 1 heterocycles. The number of carbonyl (C=O) groups is 1. The number of nitrogens with one attached hydrogen (secondary N) is 1. The molecule has 0 aromatic heterocycles. The molecule has 2 aromatic carbocycles. The number of aliphatic imine (C=N–C) groups is 1. The lowest BCUT2D eigenvalue weighted by Crippen LogP contribution is -2.28. The van der Waals surface area contributed by atoms with Gasteiger partial charge in [0.15, 0.2) is 5.17 Å². The Kier molecular flexibility index (Phi) is 5.06. The summed E-state index contributed by atoms with van der Waals surface area (Å²) in [7, 11) is 0. The Labute approximate surface area is 156 Å². The van der Waals surface area contributed by atoms with Crippen molar-refractivity contribution in [1.82, 2.24) is 0 Å². The van der Waals surface area contributed by atoms with Crippen LogP contribution in [0.4, 0.5) is 5.69 Å². The van der Waals surface area contributed by atoms with Gasteiger partial charge in [-0.25, -0.2) is 0 Å². The summed E-state index contributed by atoms with van der Waals surface area (Å²) in [6, 6.07) is 13.1. The monoisotopic (exact) mass is 373 g/mol. The van der Waals surface area contributed by atoms with Gasteiger partial charge < -0.3 is 11.1 Å². The predicted octanol–water partition coefficient (Wildman–Crippen LogP) is 4.57. The number of hydrogen-bond donors (Lipinski definition) is 2. The number of nitrogens with two attached hydrogens (primary N) is 1. The number of halogens is 1. The zero-order valence-corrected chi connectivity index (χ0v) is 15.7. The van der Waals surface area contributed by atoms with E-state index in [1.165, 1.54) is 0 Å². The van der Waals surface area contributed by atoms with Crippen LogP contribution >= 0.6 is 23.4 Å². The first-order valence-electron chi connectivity index (χ1n) is 8.03. The standard InChI is InChI=1S/C19H20ClN3OS/c1-12-6-7-15(16(20)10-12)17(24)22-14-5-3-4-13(11-14)19(2)8-9-25-18(21)23-19/h3-7,10-11H,8-9H2,1-2H3,(H2,21,23)(H,22,24). The third-order valence-corrected chi connectivity index (χ3v) is 5.42. The van der Waals surface area contributed by atoms with Crippen molar-refractivity contribution < 1.29 is 4.79 Å². The lowest BCUT2D eigenvalue weighted by atomic mass is 9.89. The Balaban J connectivity index is 1.85. The zero-order valence-electron chi connectivity index (χ0n) is 14.2. The molecule has 0 aliphatic carbocycles. The SMILES string of the molecule is Cc1ccc(C(=O)Nc2cccc(C3(C)CCSC(N)=N3)c2)c(Cl)c1. The molecular weight excluding hydrogens is 354 g/mol. The number of anilines is 1. The first-order chi connectivity index (χ1) is 11.9. The maximum absolute atomic E-state index is 12.5. The maximum atomic E-state index is 12.5. The van der Waals surface area contributed by atoms with Crippen LogP contribution in [-0.2, 0) is 5.54 Å².